The molecule has 2 aromatic rings. The Hall–Kier alpha value is -1.78. The third-order valence-electron chi connectivity index (χ3n) is 3.38. The minimum absolute atomic E-state index is 0.224. The topological polar surface area (TPSA) is 47.7 Å². The highest BCUT2D eigenvalue weighted by atomic mass is 15.3. The maximum absolute atomic E-state index is 4.46. The molecular formula is C13H21N5. The fraction of sp³-hybridized carbons (Fsp3) is 0.538. The first-order valence-corrected chi connectivity index (χ1v) is 6.17. The summed E-state index contributed by atoms with van der Waals surface area (Å²) in [6.45, 7) is 8.32. The molecule has 2 aromatic heterocycles. The highest BCUT2D eigenvalue weighted by Crippen LogP contribution is 2.25. The molecule has 0 aliphatic carbocycles. The first-order valence-electron chi connectivity index (χ1n) is 6.17. The van der Waals surface area contributed by atoms with Crippen LogP contribution in [0, 0.1) is 20.8 Å². The highest BCUT2D eigenvalue weighted by molar-refractivity contribution is 5.48. The molecule has 0 radical (unpaired) electrons. The van der Waals surface area contributed by atoms with Gasteiger partial charge in [-0.3, -0.25) is 9.36 Å². The second kappa shape index (κ2) is 4.48. The van der Waals surface area contributed by atoms with Gasteiger partial charge in [0.15, 0.2) is 0 Å². The van der Waals surface area contributed by atoms with Crippen LogP contribution >= 0.6 is 0 Å². The molecule has 0 aromatic carbocycles. The molecule has 0 saturated carbocycles. The van der Waals surface area contributed by atoms with Crippen molar-refractivity contribution in [2.24, 2.45) is 14.1 Å². The van der Waals surface area contributed by atoms with E-state index < -0.39 is 0 Å². The van der Waals surface area contributed by atoms with Crippen molar-refractivity contribution >= 4 is 5.69 Å². The quantitative estimate of drug-likeness (QED) is 0.905. The van der Waals surface area contributed by atoms with E-state index >= 15 is 0 Å². The van der Waals surface area contributed by atoms with Gasteiger partial charge in [0.2, 0.25) is 0 Å². The summed E-state index contributed by atoms with van der Waals surface area (Å²) in [6.07, 6.45) is 2.01. The molecule has 1 N–H and O–H groups in total. The molecule has 1 atom stereocenters. The van der Waals surface area contributed by atoms with Crippen LogP contribution in [0.5, 0.6) is 0 Å². The number of nitrogens with one attached hydrogen (secondary N) is 1. The third-order valence-corrected chi connectivity index (χ3v) is 3.38. The van der Waals surface area contributed by atoms with Gasteiger partial charge in [0.25, 0.3) is 0 Å². The summed E-state index contributed by atoms with van der Waals surface area (Å²) in [6, 6.07) is 0.224. The molecule has 5 heteroatoms. The van der Waals surface area contributed by atoms with Crippen LogP contribution in [0.1, 0.15) is 35.6 Å². The van der Waals surface area contributed by atoms with Gasteiger partial charge in [-0.25, -0.2) is 0 Å². The van der Waals surface area contributed by atoms with Crippen LogP contribution in [0.4, 0.5) is 5.69 Å². The molecule has 0 fully saturated rings. The van der Waals surface area contributed by atoms with Gasteiger partial charge in [0, 0.05) is 31.5 Å². The Kier molecular flexibility index (Phi) is 3.15. The molecule has 98 valence electrons. The molecular weight excluding hydrogens is 226 g/mol. The van der Waals surface area contributed by atoms with Crippen LogP contribution in [-0.4, -0.2) is 19.6 Å². The SMILES string of the molecule is Cc1nn(C)cc1NC(C)c1c(C)nn(C)c1C. The summed E-state index contributed by atoms with van der Waals surface area (Å²) >= 11 is 0. The number of aryl methyl sites for hydroxylation is 4. The molecule has 0 aliphatic heterocycles. The van der Waals surface area contributed by atoms with E-state index in [2.05, 4.69) is 36.3 Å². The van der Waals surface area contributed by atoms with Crippen molar-refractivity contribution in [3.63, 3.8) is 0 Å². The first-order chi connectivity index (χ1) is 8.40. The number of hydrogen-bond acceptors (Lipinski definition) is 3. The van der Waals surface area contributed by atoms with Crippen molar-refractivity contribution in [2.45, 2.75) is 33.7 Å². The summed E-state index contributed by atoms with van der Waals surface area (Å²) < 4.78 is 3.76. The van der Waals surface area contributed by atoms with E-state index in [-0.39, 0.29) is 6.04 Å². The predicted molar refractivity (Wildman–Crippen MR) is 72.7 cm³/mol. The van der Waals surface area contributed by atoms with Crippen molar-refractivity contribution in [2.75, 3.05) is 5.32 Å². The number of rotatable bonds is 3. The molecule has 0 amide bonds. The number of anilines is 1. The average molecular weight is 247 g/mol. The van der Waals surface area contributed by atoms with E-state index in [0.29, 0.717) is 0 Å². The van der Waals surface area contributed by atoms with Crippen LogP contribution in [0.25, 0.3) is 0 Å². The monoisotopic (exact) mass is 247 g/mol. The molecule has 1 unspecified atom stereocenters. The molecule has 0 spiro atoms. The lowest BCUT2D eigenvalue weighted by molar-refractivity contribution is 0.728. The van der Waals surface area contributed by atoms with E-state index in [1.54, 1.807) is 0 Å². The van der Waals surface area contributed by atoms with Gasteiger partial charge in [-0.2, -0.15) is 10.2 Å². The fourth-order valence-corrected chi connectivity index (χ4v) is 2.46. The Labute approximate surface area is 108 Å². The Bertz CT molecular complexity index is 564. The first kappa shape index (κ1) is 12.7. The van der Waals surface area contributed by atoms with Gasteiger partial charge in [-0.15, -0.1) is 0 Å². The zero-order valence-corrected chi connectivity index (χ0v) is 11.9. The van der Waals surface area contributed by atoms with E-state index in [1.165, 1.54) is 11.3 Å². The normalized spacial score (nSPS) is 12.8. The predicted octanol–water partition coefficient (Wildman–Crippen LogP) is 2.25. The van der Waals surface area contributed by atoms with Crippen LogP contribution in [0.3, 0.4) is 0 Å². The smallest absolute Gasteiger partial charge is 0.0825 e. The van der Waals surface area contributed by atoms with Crippen molar-refractivity contribution in [1.29, 1.82) is 0 Å². The third kappa shape index (κ3) is 2.12. The molecule has 2 rings (SSSR count). The number of nitrogens with zero attached hydrogens (tertiary/aromatic N) is 4. The largest absolute Gasteiger partial charge is 0.376 e. The molecule has 0 saturated heterocycles. The number of aromatic nitrogens is 4. The van der Waals surface area contributed by atoms with E-state index in [0.717, 1.165) is 17.1 Å². The summed E-state index contributed by atoms with van der Waals surface area (Å²) in [5, 5.41) is 12.3. The Morgan fingerprint density at radius 2 is 1.78 bits per heavy atom. The lowest BCUT2D eigenvalue weighted by Gasteiger charge is -2.15. The molecule has 0 bridgehead atoms. The second-order valence-corrected chi connectivity index (χ2v) is 4.88. The Morgan fingerprint density at radius 3 is 2.22 bits per heavy atom. The minimum atomic E-state index is 0.224. The van der Waals surface area contributed by atoms with Gasteiger partial charge in [-0.05, 0) is 27.7 Å². The Morgan fingerprint density at radius 1 is 1.11 bits per heavy atom. The molecule has 5 nitrogen and oxygen atoms in total. The van der Waals surface area contributed by atoms with Crippen LogP contribution in [0.2, 0.25) is 0 Å². The average Bonchev–Trinajstić information content (AvgIpc) is 2.69. The summed E-state index contributed by atoms with van der Waals surface area (Å²) in [7, 11) is 3.91. The van der Waals surface area contributed by atoms with E-state index in [9.17, 15) is 0 Å². The fourth-order valence-electron chi connectivity index (χ4n) is 2.46. The zero-order chi connectivity index (χ0) is 13.4. The van der Waals surface area contributed by atoms with Crippen molar-refractivity contribution in [3.8, 4) is 0 Å². The lowest BCUT2D eigenvalue weighted by atomic mass is 10.1. The second-order valence-electron chi connectivity index (χ2n) is 4.88. The van der Waals surface area contributed by atoms with Crippen molar-refractivity contribution < 1.29 is 0 Å². The standard InChI is InChI=1S/C13H21N5/c1-8-12(7-17(5)15-8)14-9(2)13-10(3)16-18(6)11(13)4/h7,9,14H,1-6H3. The zero-order valence-electron chi connectivity index (χ0n) is 11.9. The maximum atomic E-state index is 4.46. The van der Waals surface area contributed by atoms with Crippen LogP contribution in [-0.2, 0) is 14.1 Å². The minimum Gasteiger partial charge on any atom is -0.376 e. The van der Waals surface area contributed by atoms with Gasteiger partial charge < -0.3 is 5.32 Å². The summed E-state index contributed by atoms with van der Waals surface area (Å²) in [4.78, 5) is 0. The van der Waals surface area contributed by atoms with Crippen molar-refractivity contribution in [1.82, 2.24) is 19.6 Å². The van der Waals surface area contributed by atoms with Gasteiger partial charge in [0.05, 0.1) is 23.1 Å². The van der Waals surface area contributed by atoms with Gasteiger partial charge in [-0.1, -0.05) is 0 Å². The molecule has 2 heterocycles. The van der Waals surface area contributed by atoms with Crippen LogP contribution < -0.4 is 5.32 Å². The van der Waals surface area contributed by atoms with Crippen molar-refractivity contribution in [3.05, 3.63) is 28.8 Å². The number of hydrogen-bond donors (Lipinski definition) is 1. The molecule has 18 heavy (non-hydrogen) atoms. The summed E-state index contributed by atoms with van der Waals surface area (Å²) in [5.74, 6) is 0. The Balaban J connectivity index is 2.27. The van der Waals surface area contributed by atoms with Crippen LogP contribution in [0.15, 0.2) is 6.20 Å². The van der Waals surface area contributed by atoms with E-state index in [4.69, 9.17) is 0 Å². The van der Waals surface area contributed by atoms with Gasteiger partial charge >= 0.3 is 0 Å². The highest BCUT2D eigenvalue weighted by Gasteiger charge is 2.17. The summed E-state index contributed by atoms with van der Waals surface area (Å²) in [5.41, 5.74) is 5.64. The van der Waals surface area contributed by atoms with E-state index in [1.807, 2.05) is 36.6 Å². The lowest BCUT2D eigenvalue weighted by Crippen LogP contribution is -2.09. The van der Waals surface area contributed by atoms with Gasteiger partial charge in [0.1, 0.15) is 0 Å². The maximum Gasteiger partial charge on any atom is 0.0825 e. The molecule has 0 aliphatic rings.